The van der Waals surface area contributed by atoms with Crippen LogP contribution in [0.1, 0.15) is 209 Å². The summed E-state index contributed by atoms with van der Waals surface area (Å²) in [7, 11) is 0. The molecule has 0 amide bonds. The van der Waals surface area contributed by atoms with Crippen LogP contribution in [0, 0.1) is 48.5 Å². The number of hydrogen-bond acceptors (Lipinski definition) is 3. The molecule has 0 saturated carbocycles. The summed E-state index contributed by atoms with van der Waals surface area (Å²) in [5, 5.41) is 10.4. The Bertz CT molecular complexity index is 1870. The summed E-state index contributed by atoms with van der Waals surface area (Å²) in [6.45, 7) is 37.3. The molecule has 3 heteroatoms. The molecule has 2 atom stereocenters. The largest absolute Gasteiger partial charge is 0.507 e. The lowest BCUT2D eigenvalue weighted by molar-refractivity contribution is 0.0556. The van der Waals surface area contributed by atoms with Gasteiger partial charge in [0.05, 0.1) is 0 Å². The first kappa shape index (κ1) is 52.6. The van der Waals surface area contributed by atoms with E-state index in [4.69, 9.17) is 9.47 Å². The molecule has 2 aliphatic rings. The molecule has 0 aromatic heterocycles. The van der Waals surface area contributed by atoms with Gasteiger partial charge in [-0.2, -0.15) is 0 Å². The Labute approximate surface area is 382 Å². The number of aromatic hydroxyl groups is 1. The lowest BCUT2D eigenvalue weighted by Gasteiger charge is -2.38. The zero-order valence-corrected chi connectivity index (χ0v) is 43.0. The second kappa shape index (κ2) is 24.4. The molecule has 1 N–H and O–H groups in total. The lowest BCUT2D eigenvalue weighted by Crippen LogP contribution is -2.37. The van der Waals surface area contributed by atoms with Crippen molar-refractivity contribution in [3.05, 3.63) is 120 Å². The maximum absolute atomic E-state index is 10.4. The predicted molar refractivity (Wildman–Crippen MR) is 272 cm³/mol. The molecule has 62 heavy (non-hydrogen) atoms. The minimum Gasteiger partial charge on any atom is -0.507 e. The van der Waals surface area contributed by atoms with Crippen LogP contribution in [0.2, 0.25) is 0 Å². The Hall–Kier alpha value is -3.72. The second-order valence-electron chi connectivity index (χ2n) is 20.4. The van der Waals surface area contributed by atoms with Crippen molar-refractivity contribution in [2.24, 2.45) is 0 Å². The fourth-order valence-electron chi connectivity index (χ4n) is 9.05. The molecule has 0 fully saturated rings. The summed E-state index contributed by atoms with van der Waals surface area (Å²) in [4.78, 5) is 0. The van der Waals surface area contributed by atoms with Crippen LogP contribution < -0.4 is 9.47 Å². The molecule has 0 unspecified atom stereocenters. The highest BCUT2D eigenvalue weighted by Gasteiger charge is 2.35. The van der Waals surface area contributed by atoms with Gasteiger partial charge in [0, 0.05) is 5.56 Å². The SMILES string of the molecule is CC(C)=CCC/C(C)=C/CC/C(C)=C/CC[C@]1(C)CCc2c(C)c(C)c(C)c(C)c2O1.CC(C)=CCC/C(C)=C/CC/C(C)=C/CC[C@]1(C)CCc2c(C)c(O)c(C)c(C)c2O1. The Kier molecular flexibility index (Phi) is 20.7. The van der Waals surface area contributed by atoms with Gasteiger partial charge in [-0.25, -0.2) is 0 Å². The summed E-state index contributed by atoms with van der Waals surface area (Å²) in [5.74, 6) is 2.61. The van der Waals surface area contributed by atoms with Crippen molar-refractivity contribution in [2.45, 2.75) is 232 Å². The van der Waals surface area contributed by atoms with E-state index in [2.05, 4.69) is 140 Å². The van der Waals surface area contributed by atoms with E-state index in [1.807, 2.05) is 13.8 Å². The Morgan fingerprint density at radius 1 is 0.435 bits per heavy atom. The molecular weight excluding hydrogens is 757 g/mol. The number of fused-ring (bicyclic) bond motifs is 2. The van der Waals surface area contributed by atoms with Crippen molar-refractivity contribution in [3.8, 4) is 17.2 Å². The first-order valence-corrected chi connectivity index (χ1v) is 24.3. The molecule has 2 aromatic rings. The Morgan fingerprint density at radius 3 is 1.15 bits per heavy atom. The van der Waals surface area contributed by atoms with Gasteiger partial charge in [0.1, 0.15) is 28.5 Å². The highest BCUT2D eigenvalue weighted by Crippen LogP contribution is 2.45. The molecule has 4 rings (SSSR count). The number of allylic oxidation sites excluding steroid dienone is 12. The first-order valence-electron chi connectivity index (χ1n) is 24.3. The zero-order valence-electron chi connectivity index (χ0n) is 43.0. The van der Waals surface area contributed by atoms with Crippen molar-refractivity contribution in [3.63, 3.8) is 0 Å². The number of phenolic OH excluding ortho intramolecular Hbond substituents is 1. The third-order valence-electron chi connectivity index (χ3n) is 14.2. The molecular formula is C59H90O3. The number of ether oxygens (including phenoxy) is 2. The average Bonchev–Trinajstić information content (AvgIpc) is 3.20. The molecule has 2 aromatic carbocycles. The summed E-state index contributed by atoms with van der Waals surface area (Å²) < 4.78 is 13.2. The van der Waals surface area contributed by atoms with Gasteiger partial charge in [-0.1, -0.05) is 69.9 Å². The van der Waals surface area contributed by atoms with Gasteiger partial charge in [-0.15, -0.1) is 0 Å². The van der Waals surface area contributed by atoms with Crippen molar-refractivity contribution in [1.29, 1.82) is 0 Å². The maximum atomic E-state index is 10.4. The lowest BCUT2D eigenvalue weighted by atomic mass is 9.83. The average molecular weight is 847 g/mol. The van der Waals surface area contributed by atoms with Gasteiger partial charge in [0.2, 0.25) is 0 Å². The third-order valence-corrected chi connectivity index (χ3v) is 14.2. The van der Waals surface area contributed by atoms with Crippen LogP contribution in [-0.4, -0.2) is 16.3 Å². The summed E-state index contributed by atoms with van der Waals surface area (Å²) >= 11 is 0. The van der Waals surface area contributed by atoms with Crippen molar-refractivity contribution < 1.29 is 14.6 Å². The van der Waals surface area contributed by atoms with Gasteiger partial charge >= 0.3 is 0 Å². The van der Waals surface area contributed by atoms with E-state index >= 15 is 0 Å². The van der Waals surface area contributed by atoms with Crippen LogP contribution in [0.15, 0.2) is 69.9 Å². The van der Waals surface area contributed by atoms with E-state index in [0.717, 1.165) is 106 Å². The number of rotatable bonds is 18. The van der Waals surface area contributed by atoms with Crippen LogP contribution in [0.3, 0.4) is 0 Å². The molecule has 0 bridgehead atoms. The first-order chi connectivity index (χ1) is 29.1. The minimum absolute atomic E-state index is 0.0515. The van der Waals surface area contributed by atoms with E-state index in [0.29, 0.717) is 5.75 Å². The smallest absolute Gasteiger partial charge is 0.127 e. The van der Waals surface area contributed by atoms with Crippen LogP contribution >= 0.6 is 0 Å². The van der Waals surface area contributed by atoms with E-state index in [1.165, 1.54) is 91.8 Å². The van der Waals surface area contributed by atoms with Crippen molar-refractivity contribution in [2.75, 3.05) is 0 Å². The monoisotopic (exact) mass is 847 g/mol. The molecule has 2 heterocycles. The highest BCUT2D eigenvalue weighted by molar-refractivity contribution is 5.58. The van der Waals surface area contributed by atoms with Gasteiger partial charge < -0.3 is 14.6 Å². The van der Waals surface area contributed by atoms with Crippen LogP contribution in [0.4, 0.5) is 0 Å². The van der Waals surface area contributed by atoms with E-state index in [1.54, 1.807) is 0 Å². The number of phenols is 1. The van der Waals surface area contributed by atoms with E-state index in [9.17, 15) is 5.11 Å². The summed E-state index contributed by atoms with van der Waals surface area (Å²) in [5.41, 5.74) is 19.9. The zero-order chi connectivity index (χ0) is 46.4. The topological polar surface area (TPSA) is 38.7 Å². The Morgan fingerprint density at radius 2 is 0.758 bits per heavy atom. The fraction of sp³-hybridized carbons (Fsp3) is 0.593. The molecule has 2 aliphatic heterocycles. The second-order valence-corrected chi connectivity index (χ2v) is 20.4. The molecule has 344 valence electrons. The van der Waals surface area contributed by atoms with Crippen molar-refractivity contribution in [1.82, 2.24) is 0 Å². The number of hydrogen-bond donors (Lipinski definition) is 1. The summed E-state index contributed by atoms with van der Waals surface area (Å²) in [6, 6.07) is 0. The maximum Gasteiger partial charge on any atom is 0.127 e. The van der Waals surface area contributed by atoms with E-state index in [-0.39, 0.29) is 11.2 Å². The minimum atomic E-state index is -0.133. The molecule has 0 radical (unpaired) electrons. The highest BCUT2D eigenvalue weighted by atomic mass is 16.5. The predicted octanol–water partition coefficient (Wildman–Crippen LogP) is 17.8. The van der Waals surface area contributed by atoms with Crippen LogP contribution in [0.25, 0.3) is 0 Å². The van der Waals surface area contributed by atoms with Gasteiger partial charge in [-0.05, 0) is 265 Å². The van der Waals surface area contributed by atoms with Gasteiger partial charge in [0.15, 0.2) is 0 Å². The van der Waals surface area contributed by atoms with Gasteiger partial charge in [-0.3, -0.25) is 0 Å². The molecule has 0 saturated heterocycles. The van der Waals surface area contributed by atoms with Crippen LogP contribution in [0.5, 0.6) is 17.2 Å². The van der Waals surface area contributed by atoms with E-state index < -0.39 is 0 Å². The van der Waals surface area contributed by atoms with Crippen molar-refractivity contribution >= 4 is 0 Å². The van der Waals surface area contributed by atoms with Gasteiger partial charge in [0.25, 0.3) is 0 Å². The normalized spacial score (nSPS) is 19.1. The fourth-order valence-corrected chi connectivity index (χ4v) is 9.05. The molecule has 0 aliphatic carbocycles. The third kappa shape index (κ3) is 15.8. The standard InChI is InChI=1S/C30H46O.C29H44O2/c1-21(2)13-10-14-22(3)15-11-16-23(4)17-12-19-30(9)20-18-28-26(7)24(5)25(6)27(8)29(28)31-30;1-20(2)12-9-13-21(3)14-10-15-22(4)16-11-18-29(8)19-17-26-25(7)27(30)23(5)24(6)28(26)31-29/h13,15,17H,10-12,14,16,18-20H2,1-9H3;12,14,16,30H,9-11,13,15,17-19H2,1-8H3/b22-15+,23-17+;21-14+,22-16+/t30-;29-/m11/s1. The van der Waals surface area contributed by atoms with Crippen LogP contribution in [-0.2, 0) is 12.8 Å². The Balaban J connectivity index is 0.000000330. The molecule has 0 spiro atoms. The summed E-state index contributed by atoms with van der Waals surface area (Å²) in [6.07, 6.45) is 32.1. The number of benzene rings is 2. The molecule has 3 nitrogen and oxygen atoms in total. The quantitative estimate of drug-likeness (QED) is 0.152.